The van der Waals surface area contributed by atoms with Gasteiger partial charge in [0, 0.05) is 0 Å². The van der Waals surface area contributed by atoms with Crippen LogP contribution in [0, 0.1) is 5.82 Å². The van der Waals surface area contributed by atoms with Crippen LogP contribution in [0.25, 0.3) is 0 Å². The van der Waals surface area contributed by atoms with Crippen LogP contribution in [0.2, 0.25) is 0 Å². The van der Waals surface area contributed by atoms with Crippen molar-refractivity contribution in [1.82, 2.24) is 0 Å². The second-order valence-electron chi connectivity index (χ2n) is 4.64. The SMILES string of the molecule is CCCOc1ccccc1NC(=O)c1cc(F)ccc1OC. The summed E-state index contributed by atoms with van der Waals surface area (Å²) in [5, 5.41) is 2.73. The summed E-state index contributed by atoms with van der Waals surface area (Å²) < 4.78 is 24.0. The zero-order valence-electron chi connectivity index (χ0n) is 12.6. The summed E-state index contributed by atoms with van der Waals surface area (Å²) in [5.74, 6) is -0.0655. The van der Waals surface area contributed by atoms with E-state index in [0.717, 1.165) is 12.5 Å². The van der Waals surface area contributed by atoms with Crippen LogP contribution in [-0.4, -0.2) is 19.6 Å². The third-order valence-electron chi connectivity index (χ3n) is 3.00. The quantitative estimate of drug-likeness (QED) is 0.881. The molecule has 0 aromatic heterocycles. The van der Waals surface area contributed by atoms with E-state index in [1.165, 1.54) is 19.2 Å². The average Bonchev–Trinajstić information content (AvgIpc) is 2.54. The van der Waals surface area contributed by atoms with E-state index < -0.39 is 11.7 Å². The Hall–Kier alpha value is -2.56. The average molecular weight is 303 g/mol. The van der Waals surface area contributed by atoms with E-state index >= 15 is 0 Å². The van der Waals surface area contributed by atoms with E-state index in [2.05, 4.69) is 5.32 Å². The van der Waals surface area contributed by atoms with Gasteiger partial charge in [-0.1, -0.05) is 19.1 Å². The first-order chi connectivity index (χ1) is 10.7. The van der Waals surface area contributed by atoms with Gasteiger partial charge in [0.2, 0.25) is 0 Å². The highest BCUT2D eigenvalue weighted by Crippen LogP contribution is 2.26. The molecule has 0 saturated carbocycles. The van der Waals surface area contributed by atoms with Gasteiger partial charge in [-0.05, 0) is 36.8 Å². The fourth-order valence-electron chi connectivity index (χ4n) is 1.96. The summed E-state index contributed by atoms with van der Waals surface area (Å²) in [6, 6.07) is 10.9. The number of anilines is 1. The molecule has 2 rings (SSSR count). The lowest BCUT2D eigenvalue weighted by Crippen LogP contribution is -2.14. The van der Waals surface area contributed by atoms with Crippen LogP contribution in [0.4, 0.5) is 10.1 Å². The number of methoxy groups -OCH3 is 1. The molecule has 0 bridgehead atoms. The third kappa shape index (κ3) is 3.75. The van der Waals surface area contributed by atoms with E-state index in [-0.39, 0.29) is 5.56 Å². The van der Waals surface area contributed by atoms with E-state index in [1.807, 2.05) is 13.0 Å². The smallest absolute Gasteiger partial charge is 0.259 e. The van der Waals surface area contributed by atoms with Gasteiger partial charge in [-0.25, -0.2) is 4.39 Å². The lowest BCUT2D eigenvalue weighted by Gasteiger charge is -2.13. The van der Waals surface area contributed by atoms with Crippen LogP contribution in [0.5, 0.6) is 11.5 Å². The molecular formula is C17H18FNO3. The molecule has 1 N–H and O–H groups in total. The monoisotopic (exact) mass is 303 g/mol. The molecule has 1 amide bonds. The summed E-state index contributed by atoms with van der Waals surface area (Å²) in [4.78, 5) is 12.4. The van der Waals surface area contributed by atoms with Crippen LogP contribution in [-0.2, 0) is 0 Å². The summed E-state index contributed by atoms with van der Waals surface area (Å²) in [7, 11) is 1.43. The van der Waals surface area contributed by atoms with Gasteiger partial charge >= 0.3 is 0 Å². The second-order valence-corrected chi connectivity index (χ2v) is 4.64. The first-order valence-electron chi connectivity index (χ1n) is 7.02. The van der Waals surface area contributed by atoms with Gasteiger partial charge in [-0.2, -0.15) is 0 Å². The zero-order valence-corrected chi connectivity index (χ0v) is 12.6. The molecule has 0 unspecified atom stereocenters. The molecule has 0 saturated heterocycles. The number of carbonyl (C=O) groups excluding carboxylic acids is 1. The molecular weight excluding hydrogens is 285 g/mol. The Labute approximate surface area is 128 Å². The highest BCUT2D eigenvalue weighted by atomic mass is 19.1. The minimum atomic E-state index is -0.499. The van der Waals surface area contributed by atoms with Gasteiger partial charge in [0.15, 0.2) is 0 Å². The van der Waals surface area contributed by atoms with Crippen molar-refractivity contribution in [3.05, 3.63) is 53.8 Å². The molecule has 4 nitrogen and oxygen atoms in total. The largest absolute Gasteiger partial charge is 0.496 e. The molecule has 0 radical (unpaired) electrons. The van der Waals surface area contributed by atoms with Crippen molar-refractivity contribution in [1.29, 1.82) is 0 Å². The molecule has 0 fully saturated rings. The predicted molar refractivity (Wildman–Crippen MR) is 83.1 cm³/mol. The van der Waals surface area contributed by atoms with E-state index in [0.29, 0.717) is 23.8 Å². The molecule has 5 heteroatoms. The number of rotatable bonds is 6. The molecule has 2 aromatic carbocycles. The zero-order chi connectivity index (χ0) is 15.9. The van der Waals surface area contributed by atoms with Crippen LogP contribution >= 0.6 is 0 Å². The molecule has 2 aromatic rings. The van der Waals surface area contributed by atoms with Gasteiger partial charge in [0.05, 0.1) is 25.0 Å². The van der Waals surface area contributed by atoms with Gasteiger partial charge in [-0.15, -0.1) is 0 Å². The first-order valence-corrected chi connectivity index (χ1v) is 7.02. The number of para-hydroxylation sites is 2. The second kappa shape index (κ2) is 7.45. The number of hydrogen-bond donors (Lipinski definition) is 1. The maximum Gasteiger partial charge on any atom is 0.259 e. The Morgan fingerprint density at radius 1 is 1.18 bits per heavy atom. The fraction of sp³-hybridized carbons (Fsp3) is 0.235. The number of halogens is 1. The van der Waals surface area contributed by atoms with E-state index in [1.54, 1.807) is 18.2 Å². The van der Waals surface area contributed by atoms with Gasteiger partial charge < -0.3 is 14.8 Å². The number of benzene rings is 2. The van der Waals surface area contributed by atoms with E-state index in [4.69, 9.17) is 9.47 Å². The molecule has 0 atom stereocenters. The minimum absolute atomic E-state index is 0.132. The fourth-order valence-corrected chi connectivity index (χ4v) is 1.96. The van der Waals surface area contributed by atoms with Gasteiger partial charge in [0.1, 0.15) is 17.3 Å². The Kier molecular flexibility index (Phi) is 5.36. The Bertz CT molecular complexity index is 658. The molecule has 116 valence electrons. The van der Waals surface area contributed by atoms with Crippen molar-refractivity contribution in [2.24, 2.45) is 0 Å². The van der Waals surface area contributed by atoms with Crippen LogP contribution in [0.1, 0.15) is 23.7 Å². The highest BCUT2D eigenvalue weighted by molar-refractivity contribution is 6.06. The number of carbonyl (C=O) groups is 1. The molecule has 0 aliphatic rings. The maximum atomic E-state index is 13.4. The van der Waals surface area contributed by atoms with Crippen molar-refractivity contribution >= 4 is 11.6 Å². The minimum Gasteiger partial charge on any atom is -0.496 e. The molecule has 0 aliphatic carbocycles. The molecule has 22 heavy (non-hydrogen) atoms. The van der Waals surface area contributed by atoms with Crippen molar-refractivity contribution in [3.63, 3.8) is 0 Å². The molecule has 0 spiro atoms. The number of amides is 1. The summed E-state index contributed by atoms with van der Waals surface area (Å²) in [6.07, 6.45) is 0.861. The maximum absolute atomic E-state index is 13.4. The van der Waals surface area contributed by atoms with Gasteiger partial charge in [-0.3, -0.25) is 4.79 Å². The topological polar surface area (TPSA) is 47.6 Å². The highest BCUT2D eigenvalue weighted by Gasteiger charge is 2.15. The number of ether oxygens (including phenoxy) is 2. The normalized spacial score (nSPS) is 10.1. The lowest BCUT2D eigenvalue weighted by molar-refractivity contribution is 0.102. The van der Waals surface area contributed by atoms with Crippen molar-refractivity contribution in [2.75, 3.05) is 19.0 Å². The predicted octanol–water partition coefficient (Wildman–Crippen LogP) is 3.88. The summed E-state index contributed by atoms with van der Waals surface area (Å²) in [6.45, 7) is 2.55. The van der Waals surface area contributed by atoms with Crippen LogP contribution in [0.3, 0.4) is 0 Å². The number of hydrogen-bond acceptors (Lipinski definition) is 3. The number of nitrogens with one attached hydrogen (secondary N) is 1. The van der Waals surface area contributed by atoms with E-state index in [9.17, 15) is 9.18 Å². The first kappa shape index (κ1) is 15.8. The third-order valence-corrected chi connectivity index (χ3v) is 3.00. The molecule has 0 heterocycles. The van der Waals surface area contributed by atoms with Crippen molar-refractivity contribution in [3.8, 4) is 11.5 Å². The Morgan fingerprint density at radius 2 is 1.95 bits per heavy atom. The Balaban J connectivity index is 2.24. The Morgan fingerprint density at radius 3 is 2.68 bits per heavy atom. The summed E-state index contributed by atoms with van der Waals surface area (Å²) >= 11 is 0. The van der Waals surface area contributed by atoms with Gasteiger partial charge in [0.25, 0.3) is 5.91 Å². The summed E-state index contributed by atoms with van der Waals surface area (Å²) in [5.41, 5.74) is 0.667. The van der Waals surface area contributed by atoms with Crippen molar-refractivity contribution < 1.29 is 18.7 Å². The van der Waals surface area contributed by atoms with Crippen molar-refractivity contribution in [2.45, 2.75) is 13.3 Å². The molecule has 0 aliphatic heterocycles. The van der Waals surface area contributed by atoms with Crippen LogP contribution < -0.4 is 14.8 Å². The lowest BCUT2D eigenvalue weighted by atomic mass is 10.1. The standard InChI is InChI=1S/C17H18FNO3/c1-3-10-22-16-7-5-4-6-14(16)19-17(20)13-11-12(18)8-9-15(13)21-2/h4-9,11H,3,10H2,1-2H3,(H,19,20). The van der Waals surface area contributed by atoms with Crippen LogP contribution in [0.15, 0.2) is 42.5 Å².